The summed E-state index contributed by atoms with van der Waals surface area (Å²) in [6.45, 7) is 0. The molecule has 0 aliphatic heterocycles. The molecule has 0 radical (unpaired) electrons. The van der Waals surface area contributed by atoms with E-state index in [1.807, 2.05) is 42.5 Å². The molecule has 1 heterocycles. The average Bonchev–Trinajstić information content (AvgIpc) is 3.20. The van der Waals surface area contributed by atoms with Crippen molar-refractivity contribution in [3.63, 3.8) is 0 Å². The maximum absolute atomic E-state index is 12.2. The van der Waals surface area contributed by atoms with Crippen molar-refractivity contribution < 1.29 is 24.2 Å². The van der Waals surface area contributed by atoms with Crippen molar-refractivity contribution in [1.82, 2.24) is 0 Å². The molecule has 0 unspecified atom stereocenters. The zero-order chi connectivity index (χ0) is 20.8. The number of rotatable bonds is 8. The highest BCUT2D eigenvalue weighted by Gasteiger charge is 2.14. The first-order valence-electron chi connectivity index (χ1n) is 8.93. The van der Waals surface area contributed by atoms with Crippen molar-refractivity contribution in [3.05, 3.63) is 64.4 Å². The van der Waals surface area contributed by atoms with E-state index in [0.717, 1.165) is 28.2 Å². The minimum atomic E-state index is -1.05. The summed E-state index contributed by atoms with van der Waals surface area (Å²) in [5, 5.41) is 14.9. The van der Waals surface area contributed by atoms with Gasteiger partial charge in [-0.2, -0.15) is 0 Å². The normalized spacial score (nSPS) is 10.4. The predicted octanol–water partition coefficient (Wildman–Crippen LogP) is 4.70. The van der Waals surface area contributed by atoms with Crippen molar-refractivity contribution in [2.24, 2.45) is 0 Å². The molecule has 7 heteroatoms. The van der Waals surface area contributed by atoms with E-state index in [1.54, 1.807) is 19.6 Å². The SMILES string of the molecule is COc1cccc(OC)c1-c1ccc(CCC(=O)Nc2cscc2C(=O)O)cc1. The van der Waals surface area contributed by atoms with E-state index in [2.05, 4.69) is 5.32 Å². The molecule has 29 heavy (non-hydrogen) atoms. The summed E-state index contributed by atoms with van der Waals surface area (Å²) in [5.74, 6) is 0.174. The van der Waals surface area contributed by atoms with E-state index in [1.165, 1.54) is 16.7 Å². The molecule has 0 bridgehead atoms. The highest BCUT2D eigenvalue weighted by Crippen LogP contribution is 2.38. The van der Waals surface area contributed by atoms with E-state index in [4.69, 9.17) is 14.6 Å². The molecule has 0 atom stereocenters. The minimum absolute atomic E-state index is 0.110. The van der Waals surface area contributed by atoms with Crippen molar-refractivity contribution >= 4 is 28.9 Å². The zero-order valence-electron chi connectivity index (χ0n) is 16.1. The fourth-order valence-electron chi connectivity index (χ4n) is 3.00. The molecule has 0 aliphatic rings. The first-order chi connectivity index (χ1) is 14.0. The summed E-state index contributed by atoms with van der Waals surface area (Å²) < 4.78 is 10.9. The van der Waals surface area contributed by atoms with E-state index >= 15 is 0 Å². The molecule has 3 rings (SSSR count). The maximum Gasteiger partial charge on any atom is 0.338 e. The summed E-state index contributed by atoms with van der Waals surface area (Å²) in [6, 6.07) is 13.5. The quantitative estimate of drug-likeness (QED) is 0.561. The number of aromatic carboxylic acids is 1. The Hall–Kier alpha value is -3.32. The summed E-state index contributed by atoms with van der Waals surface area (Å²) in [5.41, 5.74) is 3.28. The average molecular weight is 411 g/mol. The number of nitrogens with one attached hydrogen (secondary N) is 1. The van der Waals surface area contributed by atoms with Crippen LogP contribution < -0.4 is 14.8 Å². The standard InChI is InChI=1S/C22H21NO5S/c1-27-18-4-3-5-19(28-2)21(18)15-9-6-14(7-10-15)8-11-20(24)23-17-13-29-12-16(17)22(25)26/h3-7,9-10,12-13H,8,11H2,1-2H3,(H,23,24)(H,25,26). The largest absolute Gasteiger partial charge is 0.496 e. The number of anilines is 1. The third-order valence-corrected chi connectivity index (χ3v) is 5.22. The Labute approximate surface area is 172 Å². The Balaban J connectivity index is 1.66. The number of amides is 1. The Morgan fingerprint density at radius 1 is 1.00 bits per heavy atom. The second kappa shape index (κ2) is 9.25. The summed E-state index contributed by atoms with van der Waals surface area (Å²) in [7, 11) is 3.24. The predicted molar refractivity (Wildman–Crippen MR) is 113 cm³/mol. The van der Waals surface area contributed by atoms with Gasteiger partial charge in [0.2, 0.25) is 5.91 Å². The number of benzene rings is 2. The second-order valence-corrected chi connectivity index (χ2v) is 7.03. The molecule has 2 aromatic carbocycles. The molecule has 0 fully saturated rings. The van der Waals surface area contributed by atoms with Crippen LogP contribution >= 0.6 is 11.3 Å². The number of carboxylic acid groups (broad SMARTS) is 1. The smallest absolute Gasteiger partial charge is 0.338 e. The first kappa shape index (κ1) is 20.4. The Bertz CT molecular complexity index is 988. The van der Waals surface area contributed by atoms with E-state index in [-0.39, 0.29) is 17.9 Å². The van der Waals surface area contributed by atoms with Gasteiger partial charge in [0, 0.05) is 17.2 Å². The molecule has 2 N–H and O–H groups in total. The Morgan fingerprint density at radius 3 is 2.24 bits per heavy atom. The lowest BCUT2D eigenvalue weighted by atomic mass is 10.0. The van der Waals surface area contributed by atoms with Crippen LogP contribution in [0.3, 0.4) is 0 Å². The van der Waals surface area contributed by atoms with E-state index < -0.39 is 5.97 Å². The van der Waals surface area contributed by atoms with Gasteiger partial charge in [-0.15, -0.1) is 11.3 Å². The second-order valence-electron chi connectivity index (χ2n) is 6.29. The maximum atomic E-state index is 12.2. The molecule has 0 aliphatic carbocycles. The van der Waals surface area contributed by atoms with Crippen LogP contribution in [0.15, 0.2) is 53.2 Å². The summed E-state index contributed by atoms with van der Waals surface area (Å²) in [4.78, 5) is 23.3. The van der Waals surface area contributed by atoms with Gasteiger partial charge in [0.1, 0.15) is 11.5 Å². The van der Waals surface area contributed by atoms with Gasteiger partial charge < -0.3 is 19.9 Å². The molecule has 3 aromatic rings. The first-order valence-corrected chi connectivity index (χ1v) is 9.87. The summed E-state index contributed by atoms with van der Waals surface area (Å²) >= 11 is 1.24. The molecule has 1 amide bonds. The number of carbonyl (C=O) groups excluding carboxylic acids is 1. The molecule has 6 nitrogen and oxygen atoms in total. The number of carbonyl (C=O) groups is 2. The number of hydrogen-bond acceptors (Lipinski definition) is 5. The topological polar surface area (TPSA) is 84.9 Å². The van der Waals surface area contributed by atoms with Gasteiger partial charge >= 0.3 is 5.97 Å². The van der Waals surface area contributed by atoms with Gasteiger partial charge in [-0.05, 0) is 29.7 Å². The molecular weight excluding hydrogens is 390 g/mol. The lowest BCUT2D eigenvalue weighted by molar-refractivity contribution is -0.116. The minimum Gasteiger partial charge on any atom is -0.496 e. The van der Waals surface area contributed by atoms with Crippen LogP contribution in [-0.2, 0) is 11.2 Å². The van der Waals surface area contributed by atoms with Crippen LogP contribution in [0.1, 0.15) is 22.3 Å². The van der Waals surface area contributed by atoms with E-state index in [9.17, 15) is 9.59 Å². The molecule has 1 aromatic heterocycles. The molecule has 0 saturated heterocycles. The van der Waals surface area contributed by atoms with Crippen LogP contribution in [0, 0.1) is 0 Å². The van der Waals surface area contributed by atoms with Gasteiger partial charge in [-0.1, -0.05) is 30.3 Å². The van der Waals surface area contributed by atoms with Crippen LogP contribution in [0.25, 0.3) is 11.1 Å². The number of hydrogen-bond donors (Lipinski definition) is 2. The highest BCUT2D eigenvalue weighted by atomic mass is 32.1. The molecule has 150 valence electrons. The fraction of sp³-hybridized carbons (Fsp3) is 0.182. The lowest BCUT2D eigenvalue weighted by Crippen LogP contribution is -2.14. The Kier molecular flexibility index (Phi) is 6.51. The third-order valence-electron chi connectivity index (χ3n) is 4.48. The van der Waals surface area contributed by atoms with Gasteiger partial charge in [-0.25, -0.2) is 4.79 Å². The van der Waals surface area contributed by atoms with Gasteiger partial charge in [0.25, 0.3) is 0 Å². The van der Waals surface area contributed by atoms with Crippen molar-refractivity contribution in [2.75, 3.05) is 19.5 Å². The lowest BCUT2D eigenvalue weighted by Gasteiger charge is -2.13. The highest BCUT2D eigenvalue weighted by molar-refractivity contribution is 7.08. The Morgan fingerprint density at radius 2 is 1.66 bits per heavy atom. The monoisotopic (exact) mass is 411 g/mol. The zero-order valence-corrected chi connectivity index (χ0v) is 16.9. The summed E-state index contributed by atoms with van der Waals surface area (Å²) in [6.07, 6.45) is 0.800. The number of ether oxygens (including phenoxy) is 2. The van der Waals surface area contributed by atoms with Crippen molar-refractivity contribution in [2.45, 2.75) is 12.8 Å². The van der Waals surface area contributed by atoms with Crippen molar-refractivity contribution in [3.8, 4) is 22.6 Å². The number of methoxy groups -OCH3 is 2. The van der Waals surface area contributed by atoms with Crippen molar-refractivity contribution in [1.29, 1.82) is 0 Å². The van der Waals surface area contributed by atoms with Crippen LogP contribution in [0.4, 0.5) is 5.69 Å². The van der Waals surface area contributed by atoms with Crippen LogP contribution in [0.2, 0.25) is 0 Å². The van der Waals surface area contributed by atoms with Crippen LogP contribution in [0.5, 0.6) is 11.5 Å². The fourth-order valence-corrected chi connectivity index (χ4v) is 3.76. The molecule has 0 spiro atoms. The van der Waals surface area contributed by atoms with E-state index in [0.29, 0.717) is 12.1 Å². The van der Waals surface area contributed by atoms with Gasteiger partial charge in [0.05, 0.1) is 31.0 Å². The van der Waals surface area contributed by atoms with Gasteiger partial charge in [-0.3, -0.25) is 4.79 Å². The number of aryl methyl sites for hydroxylation is 1. The number of thiophene rings is 1. The molecule has 0 saturated carbocycles. The van der Waals surface area contributed by atoms with Crippen LogP contribution in [-0.4, -0.2) is 31.2 Å². The molecular formula is C22H21NO5S. The third kappa shape index (κ3) is 4.75. The van der Waals surface area contributed by atoms with Gasteiger partial charge in [0.15, 0.2) is 0 Å². The number of carboxylic acids is 1.